The van der Waals surface area contributed by atoms with Crippen molar-refractivity contribution in [3.8, 4) is 0 Å². The highest BCUT2D eigenvalue weighted by atomic mass is 16.2. The van der Waals surface area contributed by atoms with E-state index >= 15 is 0 Å². The molecule has 0 fully saturated rings. The van der Waals surface area contributed by atoms with E-state index in [0.29, 0.717) is 19.5 Å². The number of nitrogens with one attached hydrogen (secondary N) is 1. The number of amides is 1. The average Bonchev–Trinajstić information content (AvgIpc) is 3.22. The molecule has 4 aromatic rings. The van der Waals surface area contributed by atoms with Gasteiger partial charge >= 0.3 is 0 Å². The summed E-state index contributed by atoms with van der Waals surface area (Å²) in [7, 11) is 0. The molecule has 5 rings (SSSR count). The van der Waals surface area contributed by atoms with Crippen LogP contribution in [-0.4, -0.2) is 22.3 Å². The van der Waals surface area contributed by atoms with Gasteiger partial charge in [-0.25, -0.2) is 0 Å². The Hall–Kier alpha value is -3.59. The van der Waals surface area contributed by atoms with E-state index in [1.54, 1.807) is 0 Å². The van der Waals surface area contributed by atoms with Crippen molar-refractivity contribution in [1.29, 1.82) is 0 Å². The summed E-state index contributed by atoms with van der Waals surface area (Å²) in [6, 6.07) is 29.3. The lowest BCUT2D eigenvalue weighted by molar-refractivity contribution is -0.127. The van der Waals surface area contributed by atoms with Crippen LogP contribution in [-0.2, 0) is 17.8 Å². The number of allylic oxidation sites excluding steroid dienone is 1. The normalized spacial score (nSPS) is 18.4. The van der Waals surface area contributed by atoms with Gasteiger partial charge in [-0.2, -0.15) is 0 Å². The molecule has 0 aliphatic carbocycles. The zero-order valence-electron chi connectivity index (χ0n) is 18.4. The number of hydrogen-bond donors (Lipinski definition) is 1. The molecule has 3 heteroatoms. The fourth-order valence-electron chi connectivity index (χ4n) is 4.81. The smallest absolute Gasteiger partial charge is 0.249 e. The minimum atomic E-state index is 0.0224. The molecule has 32 heavy (non-hydrogen) atoms. The van der Waals surface area contributed by atoms with E-state index in [2.05, 4.69) is 78.6 Å². The van der Waals surface area contributed by atoms with Gasteiger partial charge in [-0.15, -0.1) is 0 Å². The minimum Gasteiger partial charge on any atom is -0.357 e. The number of carbonyl (C=O) groups excluding carboxylic acids is 1. The van der Waals surface area contributed by atoms with E-state index in [-0.39, 0.29) is 11.8 Å². The summed E-state index contributed by atoms with van der Waals surface area (Å²) < 4.78 is 0. The van der Waals surface area contributed by atoms with Gasteiger partial charge in [0.15, 0.2) is 0 Å². The molecule has 3 aromatic carbocycles. The number of benzene rings is 3. The molecular weight excluding hydrogens is 392 g/mol. The standard InChI is InChI=1S/C29H28N2O/c1-2-22-19-26(23-13-7-4-8-14-23)28-25(24-15-9-10-16-27(24)30-28)17-18-31(29(22)32)20-21-11-5-3-6-12-21/h3-16,19,26,30H,2,17-18,20H2,1H3/b22-19-. The zero-order chi connectivity index (χ0) is 21.9. The molecular formula is C29H28N2O. The number of para-hydroxylation sites is 1. The highest BCUT2D eigenvalue weighted by Gasteiger charge is 2.26. The van der Waals surface area contributed by atoms with Gasteiger partial charge in [-0.1, -0.05) is 91.9 Å². The van der Waals surface area contributed by atoms with Gasteiger partial charge in [0.05, 0.1) is 0 Å². The molecule has 0 radical (unpaired) electrons. The van der Waals surface area contributed by atoms with Crippen molar-refractivity contribution in [2.24, 2.45) is 0 Å². The number of carbonyl (C=O) groups is 1. The number of rotatable bonds is 4. The van der Waals surface area contributed by atoms with E-state index < -0.39 is 0 Å². The first kappa shape index (κ1) is 20.3. The van der Waals surface area contributed by atoms with Crippen molar-refractivity contribution in [3.05, 3.63) is 119 Å². The van der Waals surface area contributed by atoms with E-state index in [9.17, 15) is 4.79 Å². The third-order valence-corrected chi connectivity index (χ3v) is 6.47. The maximum absolute atomic E-state index is 13.6. The van der Waals surface area contributed by atoms with E-state index in [4.69, 9.17) is 0 Å². The monoisotopic (exact) mass is 420 g/mol. The second-order valence-electron chi connectivity index (χ2n) is 8.46. The predicted octanol–water partition coefficient (Wildman–Crippen LogP) is 6.22. The lowest BCUT2D eigenvalue weighted by Gasteiger charge is -2.23. The first-order valence-electron chi connectivity index (χ1n) is 11.4. The Morgan fingerprint density at radius 3 is 2.34 bits per heavy atom. The molecule has 2 heterocycles. The Labute approximate surface area is 189 Å². The second-order valence-corrected chi connectivity index (χ2v) is 8.46. The first-order valence-corrected chi connectivity index (χ1v) is 11.4. The molecule has 1 amide bonds. The van der Waals surface area contributed by atoms with Gasteiger partial charge in [0.2, 0.25) is 5.91 Å². The van der Waals surface area contributed by atoms with Gasteiger partial charge in [-0.05, 0) is 35.6 Å². The van der Waals surface area contributed by atoms with Crippen molar-refractivity contribution in [2.75, 3.05) is 6.54 Å². The summed E-state index contributed by atoms with van der Waals surface area (Å²) in [5, 5.41) is 1.25. The van der Waals surface area contributed by atoms with E-state index in [0.717, 1.165) is 23.1 Å². The molecule has 1 aliphatic heterocycles. The molecule has 1 atom stereocenters. The quantitative estimate of drug-likeness (QED) is 0.418. The Morgan fingerprint density at radius 1 is 0.906 bits per heavy atom. The predicted molar refractivity (Wildman–Crippen MR) is 131 cm³/mol. The summed E-state index contributed by atoms with van der Waals surface area (Å²) in [5.74, 6) is 0.168. The highest BCUT2D eigenvalue weighted by molar-refractivity contribution is 5.94. The molecule has 1 aliphatic rings. The van der Waals surface area contributed by atoms with Crippen LogP contribution < -0.4 is 0 Å². The molecule has 0 spiro atoms. The molecule has 3 nitrogen and oxygen atoms in total. The van der Waals surface area contributed by atoms with Crippen LogP contribution in [0.15, 0.2) is 96.6 Å². The number of fused-ring (bicyclic) bond motifs is 3. The fraction of sp³-hybridized carbons (Fsp3) is 0.207. The Bertz CT molecular complexity index is 1250. The van der Waals surface area contributed by atoms with Gasteiger partial charge in [0.25, 0.3) is 0 Å². The van der Waals surface area contributed by atoms with Crippen LogP contribution in [0.1, 0.15) is 41.6 Å². The van der Waals surface area contributed by atoms with Gasteiger partial charge in [0.1, 0.15) is 0 Å². The zero-order valence-corrected chi connectivity index (χ0v) is 18.4. The van der Waals surface area contributed by atoms with Crippen molar-refractivity contribution < 1.29 is 4.79 Å². The summed E-state index contributed by atoms with van der Waals surface area (Å²) in [5.41, 5.74) is 6.92. The molecule has 0 saturated carbocycles. The molecule has 0 bridgehead atoms. The van der Waals surface area contributed by atoms with Crippen LogP contribution in [0.3, 0.4) is 0 Å². The summed E-state index contributed by atoms with van der Waals surface area (Å²) in [6.45, 7) is 3.41. The molecule has 1 unspecified atom stereocenters. The van der Waals surface area contributed by atoms with Gasteiger partial charge in [-0.3, -0.25) is 4.79 Å². The highest BCUT2D eigenvalue weighted by Crippen LogP contribution is 2.35. The third kappa shape index (κ3) is 3.87. The number of aromatic amines is 1. The summed E-state index contributed by atoms with van der Waals surface area (Å²) in [4.78, 5) is 19.4. The van der Waals surface area contributed by atoms with Crippen LogP contribution in [0.25, 0.3) is 10.9 Å². The van der Waals surface area contributed by atoms with Gasteiger partial charge in [0, 0.05) is 41.2 Å². The Morgan fingerprint density at radius 2 is 1.59 bits per heavy atom. The largest absolute Gasteiger partial charge is 0.357 e. The van der Waals surface area contributed by atoms with E-state index in [1.165, 1.54) is 22.2 Å². The molecule has 0 saturated heterocycles. The topological polar surface area (TPSA) is 36.1 Å². The summed E-state index contributed by atoms with van der Waals surface area (Å²) >= 11 is 0. The fourth-order valence-corrected chi connectivity index (χ4v) is 4.81. The van der Waals surface area contributed by atoms with Crippen LogP contribution >= 0.6 is 0 Å². The van der Waals surface area contributed by atoms with Crippen molar-refractivity contribution in [1.82, 2.24) is 9.88 Å². The van der Waals surface area contributed by atoms with Crippen molar-refractivity contribution in [2.45, 2.75) is 32.2 Å². The molecule has 160 valence electrons. The van der Waals surface area contributed by atoms with Gasteiger partial charge < -0.3 is 9.88 Å². The number of hydrogen-bond acceptors (Lipinski definition) is 1. The van der Waals surface area contributed by atoms with Crippen molar-refractivity contribution >= 4 is 16.8 Å². The molecule has 1 aromatic heterocycles. The van der Waals surface area contributed by atoms with E-state index in [1.807, 2.05) is 29.2 Å². The Balaban J connectivity index is 1.66. The van der Waals surface area contributed by atoms with Crippen LogP contribution in [0.4, 0.5) is 0 Å². The maximum atomic E-state index is 13.6. The SMILES string of the molecule is CC/C1=C/C(c2ccccc2)c2[nH]c3ccccc3c2CCN(Cc2ccccc2)C1=O. The van der Waals surface area contributed by atoms with Crippen LogP contribution in [0, 0.1) is 0 Å². The number of H-pyrrole nitrogens is 1. The summed E-state index contributed by atoms with van der Waals surface area (Å²) in [6.07, 6.45) is 3.73. The third-order valence-electron chi connectivity index (χ3n) is 6.47. The van der Waals surface area contributed by atoms with Crippen molar-refractivity contribution in [3.63, 3.8) is 0 Å². The minimum absolute atomic E-state index is 0.0224. The second kappa shape index (κ2) is 8.88. The lowest BCUT2D eigenvalue weighted by Crippen LogP contribution is -2.33. The lowest BCUT2D eigenvalue weighted by atomic mass is 9.90. The maximum Gasteiger partial charge on any atom is 0.249 e. The van der Waals surface area contributed by atoms with Crippen LogP contribution in [0.5, 0.6) is 0 Å². The van der Waals surface area contributed by atoms with Crippen LogP contribution in [0.2, 0.25) is 0 Å². The number of aromatic nitrogens is 1. The number of nitrogens with zero attached hydrogens (tertiary/aromatic N) is 1. The Kier molecular flexibility index (Phi) is 5.64. The first-order chi connectivity index (χ1) is 15.7. The molecule has 1 N–H and O–H groups in total. The average molecular weight is 421 g/mol.